The van der Waals surface area contributed by atoms with Crippen molar-refractivity contribution < 1.29 is 29.3 Å². The average Bonchev–Trinajstić information content (AvgIpc) is 3.09. The molecule has 1 unspecified atom stereocenters. The van der Waals surface area contributed by atoms with Gasteiger partial charge in [0.2, 0.25) is 0 Å². The zero-order chi connectivity index (χ0) is 21.6. The molecule has 1 aromatic heterocycles. The summed E-state index contributed by atoms with van der Waals surface area (Å²) >= 11 is 0. The van der Waals surface area contributed by atoms with E-state index >= 15 is 0 Å². The van der Waals surface area contributed by atoms with Crippen molar-refractivity contribution in [1.82, 2.24) is 0 Å². The van der Waals surface area contributed by atoms with E-state index in [0.29, 0.717) is 28.9 Å². The van der Waals surface area contributed by atoms with Gasteiger partial charge in [0.25, 0.3) is 0 Å². The van der Waals surface area contributed by atoms with Gasteiger partial charge in [-0.3, -0.25) is 4.79 Å². The maximum atomic E-state index is 12.5. The summed E-state index contributed by atoms with van der Waals surface area (Å²) in [5.74, 6) is -1.01. The number of fused-ring (bicyclic) bond motifs is 1. The molecule has 7 heteroatoms. The highest BCUT2D eigenvalue weighted by Crippen LogP contribution is 2.48. The third-order valence-corrected chi connectivity index (χ3v) is 5.34. The van der Waals surface area contributed by atoms with Gasteiger partial charge in [-0.15, -0.1) is 0 Å². The van der Waals surface area contributed by atoms with Crippen LogP contribution in [0.2, 0.25) is 0 Å². The highest BCUT2D eigenvalue weighted by atomic mass is 16.5. The molecular formula is C22H24O7. The van der Waals surface area contributed by atoms with Crippen LogP contribution >= 0.6 is 0 Å². The van der Waals surface area contributed by atoms with E-state index in [1.54, 1.807) is 20.8 Å². The Bertz CT molecular complexity index is 1090. The Morgan fingerprint density at radius 3 is 2.34 bits per heavy atom. The van der Waals surface area contributed by atoms with Gasteiger partial charge in [0.1, 0.15) is 40.4 Å². The topological polar surface area (TPSA) is 117 Å². The molecular weight excluding hydrogens is 376 g/mol. The molecule has 154 valence electrons. The van der Waals surface area contributed by atoms with E-state index in [-0.39, 0.29) is 46.8 Å². The van der Waals surface area contributed by atoms with Crippen LogP contribution in [0.15, 0.2) is 21.4 Å². The number of phenolic OH excluding ortho intramolecular Hbond substituents is 2. The van der Waals surface area contributed by atoms with Crippen molar-refractivity contribution in [3.8, 4) is 23.0 Å². The first-order chi connectivity index (χ1) is 13.6. The third kappa shape index (κ3) is 3.26. The smallest absolute Gasteiger partial charge is 0.343 e. The fourth-order valence-corrected chi connectivity index (χ4v) is 3.66. The molecule has 1 aromatic carbocycles. The molecule has 0 aliphatic carbocycles. The highest BCUT2D eigenvalue weighted by molar-refractivity contribution is 6.01. The number of phenols is 2. The van der Waals surface area contributed by atoms with Crippen LogP contribution in [0.5, 0.6) is 23.0 Å². The van der Waals surface area contributed by atoms with Crippen LogP contribution in [0.1, 0.15) is 59.1 Å². The molecule has 0 fully saturated rings. The van der Waals surface area contributed by atoms with Crippen molar-refractivity contribution in [2.45, 2.75) is 53.1 Å². The predicted octanol–water partition coefficient (Wildman–Crippen LogP) is 3.30. The maximum absolute atomic E-state index is 12.5. The van der Waals surface area contributed by atoms with Crippen molar-refractivity contribution in [3.05, 3.63) is 56.1 Å². The maximum Gasteiger partial charge on any atom is 0.343 e. The van der Waals surface area contributed by atoms with Crippen molar-refractivity contribution in [3.63, 3.8) is 0 Å². The van der Waals surface area contributed by atoms with Crippen LogP contribution < -0.4 is 10.4 Å². The molecule has 0 amide bonds. The van der Waals surface area contributed by atoms with Gasteiger partial charge in [0.05, 0.1) is 5.56 Å². The van der Waals surface area contributed by atoms with Gasteiger partial charge in [0, 0.05) is 36.0 Å². The van der Waals surface area contributed by atoms with E-state index in [4.69, 9.17) is 9.15 Å². The molecule has 1 aliphatic heterocycles. The van der Waals surface area contributed by atoms with Crippen LogP contribution in [0.4, 0.5) is 0 Å². The molecule has 0 saturated carbocycles. The van der Waals surface area contributed by atoms with Crippen molar-refractivity contribution in [2.24, 2.45) is 0 Å². The third-order valence-electron chi connectivity index (χ3n) is 5.34. The number of carbonyl (C=O) groups excluding carboxylic acids is 1. The highest BCUT2D eigenvalue weighted by Gasteiger charge is 2.35. The fraction of sp³-hybridized carbons (Fsp3) is 0.364. The normalized spacial score (nSPS) is 15.1. The number of hydrogen-bond acceptors (Lipinski definition) is 7. The predicted molar refractivity (Wildman–Crippen MR) is 106 cm³/mol. The Morgan fingerprint density at radius 1 is 1.14 bits per heavy atom. The number of rotatable bonds is 5. The molecule has 3 rings (SSSR count). The zero-order valence-corrected chi connectivity index (χ0v) is 16.9. The molecule has 0 spiro atoms. The van der Waals surface area contributed by atoms with Crippen molar-refractivity contribution in [2.75, 3.05) is 0 Å². The molecule has 0 bridgehead atoms. The quantitative estimate of drug-likeness (QED) is 0.521. The van der Waals surface area contributed by atoms with Crippen molar-refractivity contribution >= 4 is 5.78 Å². The van der Waals surface area contributed by atoms with Crippen molar-refractivity contribution in [1.29, 1.82) is 0 Å². The molecule has 0 radical (unpaired) electrons. The van der Waals surface area contributed by atoms with Crippen LogP contribution in [0, 0.1) is 6.92 Å². The van der Waals surface area contributed by atoms with E-state index in [2.05, 4.69) is 6.58 Å². The van der Waals surface area contributed by atoms with Gasteiger partial charge in [0.15, 0.2) is 5.78 Å². The summed E-state index contributed by atoms with van der Waals surface area (Å²) in [6.45, 7) is 10.3. The first kappa shape index (κ1) is 20.5. The van der Waals surface area contributed by atoms with Gasteiger partial charge >= 0.3 is 5.63 Å². The van der Waals surface area contributed by atoms with E-state index in [1.807, 2.05) is 0 Å². The number of ketones is 1. The molecule has 2 aromatic rings. The van der Waals surface area contributed by atoms with Gasteiger partial charge in [-0.2, -0.15) is 0 Å². The van der Waals surface area contributed by atoms with E-state index in [9.17, 15) is 24.9 Å². The lowest BCUT2D eigenvalue weighted by Crippen LogP contribution is -2.14. The molecule has 1 atom stereocenters. The number of hydrogen-bond donors (Lipinski definition) is 3. The minimum atomic E-state index is -0.731. The van der Waals surface area contributed by atoms with E-state index in [0.717, 1.165) is 0 Å². The number of aromatic hydroxyl groups is 3. The molecule has 7 nitrogen and oxygen atoms in total. The summed E-state index contributed by atoms with van der Waals surface area (Å²) in [4.78, 5) is 24.5. The van der Waals surface area contributed by atoms with Gasteiger partial charge in [-0.1, -0.05) is 13.5 Å². The first-order valence-corrected chi connectivity index (χ1v) is 9.35. The molecule has 2 heterocycles. The SMILES string of the molecule is C=C(C)C1Cc2c(O)c(C(C)=O)c(O)c(Cc3c(O)c(C)c(CC)oc3=O)c2O1. The summed E-state index contributed by atoms with van der Waals surface area (Å²) in [7, 11) is 0. The number of benzene rings is 1. The van der Waals surface area contributed by atoms with Crippen LogP contribution in [0.3, 0.4) is 0 Å². The Morgan fingerprint density at radius 2 is 1.79 bits per heavy atom. The van der Waals surface area contributed by atoms with E-state index in [1.165, 1.54) is 6.92 Å². The van der Waals surface area contributed by atoms with Gasteiger partial charge in [-0.05, 0) is 26.3 Å². The second-order valence-electron chi connectivity index (χ2n) is 7.37. The number of aryl methyl sites for hydroxylation is 1. The minimum Gasteiger partial charge on any atom is -0.507 e. The number of carbonyl (C=O) groups is 1. The summed E-state index contributed by atoms with van der Waals surface area (Å²) in [6.07, 6.45) is 0.0485. The molecule has 3 N–H and O–H groups in total. The lowest BCUT2D eigenvalue weighted by Gasteiger charge is -2.17. The largest absolute Gasteiger partial charge is 0.507 e. The summed E-state index contributed by atoms with van der Waals surface area (Å²) < 4.78 is 11.2. The molecule has 29 heavy (non-hydrogen) atoms. The Hall–Kier alpha value is -3.22. The second-order valence-corrected chi connectivity index (χ2v) is 7.37. The molecule has 0 saturated heterocycles. The Kier molecular flexibility index (Phi) is 5.17. The first-order valence-electron chi connectivity index (χ1n) is 9.35. The fourth-order valence-electron chi connectivity index (χ4n) is 3.66. The van der Waals surface area contributed by atoms with Crippen LogP contribution in [0.25, 0.3) is 0 Å². The second kappa shape index (κ2) is 7.31. The number of Topliss-reactive ketones (excluding diaryl/α,β-unsaturated/α-hetero) is 1. The monoisotopic (exact) mass is 400 g/mol. The standard InChI is InChI=1S/C22H24O7/c1-6-15-10(4)18(24)14(22(27)29-15)7-12-19(25)17(11(5)23)20(26)13-8-16(9(2)3)28-21(12)13/h16,24-26H,2,6-8H2,1,3-5H3. The Labute approximate surface area is 167 Å². The average molecular weight is 400 g/mol. The molecule has 1 aliphatic rings. The summed E-state index contributed by atoms with van der Waals surface area (Å²) in [5, 5.41) is 31.8. The lowest BCUT2D eigenvalue weighted by molar-refractivity contribution is 0.101. The van der Waals surface area contributed by atoms with Gasteiger partial charge in [-0.25, -0.2) is 4.79 Å². The number of ether oxygens (including phenoxy) is 1. The minimum absolute atomic E-state index is 0.0558. The van der Waals surface area contributed by atoms with Crippen LogP contribution in [-0.2, 0) is 19.3 Å². The van der Waals surface area contributed by atoms with Crippen LogP contribution in [-0.4, -0.2) is 27.2 Å². The van der Waals surface area contributed by atoms with E-state index < -0.39 is 23.3 Å². The summed E-state index contributed by atoms with van der Waals surface area (Å²) in [6, 6.07) is 0. The van der Waals surface area contributed by atoms with Gasteiger partial charge < -0.3 is 24.5 Å². The Balaban J connectivity index is 2.24. The zero-order valence-electron chi connectivity index (χ0n) is 16.9. The summed E-state index contributed by atoms with van der Waals surface area (Å²) in [5.41, 5.74) is 0.616. The lowest BCUT2D eigenvalue weighted by atomic mass is 9.93.